The summed E-state index contributed by atoms with van der Waals surface area (Å²) in [5.41, 5.74) is -13.2. The van der Waals surface area contributed by atoms with Crippen LogP contribution in [-0.4, -0.2) is 29.4 Å². The number of hydrogen-bond donors (Lipinski definition) is 3. The monoisotopic (exact) mass is 419 g/mol. The van der Waals surface area contributed by atoms with Gasteiger partial charge in [0, 0.05) is 54.9 Å². The van der Waals surface area contributed by atoms with E-state index in [9.17, 15) is 14.7 Å². The average molecular weight is 420 g/mol. The SMILES string of the molecule is [2H]c1c(C(C([2H])([2H])[2H])(C([2H])([2H])[2H])C([2H])([2H])[2H])c(O)cc(NC(=O)C2CNC3CCCCC3C2=O)c1C(C([2H])([2H])[2H])(C([2H])([2H])[2H])C([2H])([2H])[2H]. The third kappa shape index (κ3) is 4.50. The third-order valence-electron chi connectivity index (χ3n) is 5.44. The first-order valence-electron chi connectivity index (χ1n) is 18.8. The average Bonchev–Trinajstić information content (AvgIpc) is 2.84. The Kier molecular flexibility index (Phi) is 2.14. The van der Waals surface area contributed by atoms with Gasteiger partial charge in [0.15, 0.2) is 5.78 Å². The molecule has 5 nitrogen and oxygen atoms in total. The number of piperidine rings is 1. The van der Waals surface area contributed by atoms with Crippen molar-refractivity contribution in [1.29, 1.82) is 0 Å². The van der Waals surface area contributed by atoms with Crippen molar-refractivity contribution in [3.05, 3.63) is 23.2 Å². The molecule has 1 aromatic rings. The Hall–Kier alpha value is -1.88. The number of Topliss-reactive ketones (excluding diaryl/α,β-unsaturated/α-hetero) is 1. The number of phenolic OH excluding ortho intramolecular Hbond substituents is 1. The van der Waals surface area contributed by atoms with Gasteiger partial charge in [0.1, 0.15) is 11.7 Å². The molecule has 1 aromatic carbocycles. The number of phenols is 1. The minimum absolute atomic E-state index is 0.223. The molecule has 29 heavy (non-hydrogen) atoms. The minimum atomic E-state index is -4.23. The second-order valence-corrected chi connectivity index (χ2v) is 7.67. The van der Waals surface area contributed by atoms with E-state index in [0.29, 0.717) is 19.3 Å². The van der Waals surface area contributed by atoms with Crippen molar-refractivity contribution >= 4 is 17.4 Å². The number of amides is 1. The second kappa shape index (κ2) is 7.75. The zero-order valence-corrected chi connectivity index (χ0v) is 15.6. The van der Waals surface area contributed by atoms with Crippen LogP contribution < -0.4 is 10.6 Å². The van der Waals surface area contributed by atoms with E-state index in [-0.39, 0.29) is 18.7 Å². The van der Waals surface area contributed by atoms with E-state index in [4.69, 9.17) is 26.0 Å². The molecule has 0 radical (unpaired) electrons. The van der Waals surface area contributed by atoms with E-state index >= 15 is 0 Å². The van der Waals surface area contributed by atoms with Gasteiger partial charge in [0.2, 0.25) is 5.91 Å². The molecule has 1 saturated carbocycles. The maximum Gasteiger partial charge on any atom is 0.236 e. The Bertz CT molecular complexity index is 1350. The number of anilines is 1. The van der Waals surface area contributed by atoms with E-state index < -0.39 is 104 Å². The van der Waals surface area contributed by atoms with E-state index in [1.54, 1.807) is 0 Å². The molecule has 3 rings (SSSR count). The Morgan fingerprint density at radius 3 is 2.52 bits per heavy atom. The van der Waals surface area contributed by atoms with Crippen molar-refractivity contribution < 1.29 is 40.7 Å². The zero-order chi connectivity index (χ0) is 37.4. The van der Waals surface area contributed by atoms with Gasteiger partial charge in [-0.25, -0.2) is 0 Å². The number of benzene rings is 1. The van der Waals surface area contributed by atoms with Gasteiger partial charge in [-0.1, -0.05) is 54.0 Å². The van der Waals surface area contributed by atoms with Crippen molar-refractivity contribution in [3.63, 3.8) is 0 Å². The highest BCUT2D eigenvalue weighted by Crippen LogP contribution is 2.40. The fourth-order valence-corrected chi connectivity index (χ4v) is 4.00. The molecular weight excluding hydrogens is 364 g/mol. The summed E-state index contributed by atoms with van der Waals surface area (Å²) >= 11 is 0. The molecule has 1 aliphatic heterocycles. The van der Waals surface area contributed by atoms with Gasteiger partial charge in [-0.15, -0.1) is 0 Å². The van der Waals surface area contributed by atoms with Crippen molar-refractivity contribution in [3.8, 4) is 5.75 Å². The van der Waals surface area contributed by atoms with Crippen LogP contribution in [0, 0.1) is 11.8 Å². The molecule has 1 saturated heterocycles. The summed E-state index contributed by atoms with van der Waals surface area (Å²) in [6, 6.07) is -1.89. The summed E-state index contributed by atoms with van der Waals surface area (Å²) in [5.74, 6) is -5.51. The zero-order valence-electron chi connectivity index (χ0n) is 34.6. The quantitative estimate of drug-likeness (QED) is 0.626. The Morgan fingerprint density at radius 2 is 1.83 bits per heavy atom. The lowest BCUT2D eigenvalue weighted by Gasteiger charge is -2.38. The standard InChI is InChI=1S/C24H36N2O3/c1-23(2,3)16-11-17(24(4,5)6)20(27)12-19(16)26-22(29)15-13-25-18-10-8-7-9-14(18)21(15)28/h11-12,14-15,18,25,27H,7-10,13H2,1-6H3,(H,26,29)/i1D3,2D3,3D3,4D3,5D3,6D3,11D. The van der Waals surface area contributed by atoms with E-state index in [2.05, 4.69) is 10.6 Å². The number of hydrogen-bond acceptors (Lipinski definition) is 4. The number of carbonyl (C=O) groups is 2. The number of fused-ring (bicyclic) bond motifs is 1. The molecule has 0 bridgehead atoms. The molecule has 3 atom stereocenters. The van der Waals surface area contributed by atoms with Crippen LogP contribution in [0.5, 0.6) is 5.75 Å². The highest BCUT2D eigenvalue weighted by molar-refractivity contribution is 6.09. The fraction of sp³-hybridized carbons (Fsp3) is 0.667. The molecule has 2 aliphatic rings. The predicted molar refractivity (Wildman–Crippen MR) is 116 cm³/mol. The van der Waals surface area contributed by atoms with Gasteiger partial charge in [-0.3, -0.25) is 9.59 Å². The second-order valence-electron chi connectivity index (χ2n) is 7.67. The van der Waals surface area contributed by atoms with Crippen molar-refractivity contribution in [2.24, 2.45) is 11.8 Å². The molecule has 1 aliphatic carbocycles. The summed E-state index contributed by atoms with van der Waals surface area (Å²) in [4.78, 5) is 27.0. The number of carbonyl (C=O) groups excluding carboxylic acids is 2. The Balaban J connectivity index is 2.56. The summed E-state index contributed by atoms with van der Waals surface area (Å²) < 4.78 is 155. The van der Waals surface area contributed by atoms with E-state index in [0.717, 1.165) is 6.42 Å². The van der Waals surface area contributed by atoms with Crippen molar-refractivity contribution in [1.82, 2.24) is 5.32 Å². The van der Waals surface area contributed by atoms with E-state index in [1.165, 1.54) is 0 Å². The molecule has 160 valence electrons. The topological polar surface area (TPSA) is 78.4 Å². The van der Waals surface area contributed by atoms with E-state index in [1.807, 2.05) is 0 Å². The molecule has 5 heteroatoms. The third-order valence-corrected chi connectivity index (χ3v) is 5.44. The summed E-state index contributed by atoms with van der Waals surface area (Å²) in [6.45, 7) is -25.3. The lowest BCUT2D eigenvalue weighted by molar-refractivity contribution is -0.137. The fourth-order valence-electron chi connectivity index (χ4n) is 4.00. The van der Waals surface area contributed by atoms with Crippen LogP contribution in [-0.2, 0) is 20.4 Å². The van der Waals surface area contributed by atoms with Gasteiger partial charge >= 0.3 is 0 Å². The van der Waals surface area contributed by atoms with Crippen LogP contribution in [0.15, 0.2) is 12.1 Å². The first-order chi connectivity index (χ1) is 21.3. The summed E-state index contributed by atoms with van der Waals surface area (Å²) in [6.07, 6.45) is 2.58. The normalized spacial score (nSPS) is 37.7. The van der Waals surface area contributed by atoms with Crippen LogP contribution in [0.3, 0.4) is 0 Å². The van der Waals surface area contributed by atoms with Crippen molar-refractivity contribution in [2.45, 2.75) is 83.7 Å². The van der Waals surface area contributed by atoms with Crippen LogP contribution in [0.4, 0.5) is 5.69 Å². The summed E-state index contributed by atoms with van der Waals surface area (Å²) in [7, 11) is 0. The molecule has 0 aromatic heterocycles. The van der Waals surface area contributed by atoms with Gasteiger partial charge in [0.05, 0.1) is 1.37 Å². The number of ketones is 1. The number of nitrogens with one attached hydrogen (secondary N) is 2. The van der Waals surface area contributed by atoms with Crippen LogP contribution >= 0.6 is 0 Å². The van der Waals surface area contributed by atoms with Gasteiger partial charge < -0.3 is 15.7 Å². The van der Waals surface area contributed by atoms with Crippen LogP contribution in [0.2, 0.25) is 0 Å². The Morgan fingerprint density at radius 1 is 1.17 bits per heavy atom. The van der Waals surface area contributed by atoms with Gasteiger partial charge in [-0.2, -0.15) is 0 Å². The highest BCUT2D eigenvalue weighted by Gasteiger charge is 2.42. The van der Waals surface area contributed by atoms with Crippen LogP contribution in [0.1, 0.15) is 104 Å². The molecule has 1 heterocycles. The van der Waals surface area contributed by atoms with Gasteiger partial charge in [0.25, 0.3) is 0 Å². The highest BCUT2D eigenvalue weighted by atomic mass is 16.3. The lowest BCUT2D eigenvalue weighted by Crippen LogP contribution is -2.55. The maximum atomic E-state index is 13.7. The smallest absolute Gasteiger partial charge is 0.236 e. The summed E-state index contributed by atoms with van der Waals surface area (Å²) in [5, 5.41) is 16.3. The molecule has 3 N–H and O–H groups in total. The van der Waals surface area contributed by atoms with Crippen LogP contribution in [0.25, 0.3) is 0 Å². The Labute approximate surface area is 201 Å². The largest absolute Gasteiger partial charge is 0.508 e. The first kappa shape index (κ1) is 7.99. The molecule has 2 fully saturated rings. The minimum Gasteiger partial charge on any atom is -0.508 e. The number of aromatic hydroxyl groups is 1. The molecular formula is C24H36N2O3. The first-order valence-corrected chi connectivity index (χ1v) is 9.28. The molecule has 3 unspecified atom stereocenters. The van der Waals surface area contributed by atoms with Crippen molar-refractivity contribution in [2.75, 3.05) is 11.9 Å². The predicted octanol–water partition coefficient (Wildman–Crippen LogP) is 4.27. The lowest BCUT2D eigenvalue weighted by atomic mass is 9.75. The van der Waals surface area contributed by atoms with Gasteiger partial charge in [-0.05, 0) is 40.8 Å². The molecule has 1 amide bonds. The maximum absolute atomic E-state index is 13.7. The molecule has 0 spiro atoms. The number of rotatable bonds is 2.